The number of fused-ring (bicyclic) bond motifs is 2. The van der Waals surface area contributed by atoms with E-state index in [1.807, 2.05) is 13.8 Å². The maximum absolute atomic E-state index is 12.0. The molecule has 16 heavy (non-hydrogen) atoms. The van der Waals surface area contributed by atoms with E-state index < -0.39 is 15.7 Å². The van der Waals surface area contributed by atoms with Crippen molar-refractivity contribution >= 4 is 16.1 Å². The van der Waals surface area contributed by atoms with Crippen molar-refractivity contribution in [2.75, 3.05) is 5.75 Å². The van der Waals surface area contributed by atoms with Gasteiger partial charge in [-0.15, -0.1) is 4.91 Å². The molecule has 0 amide bonds. The summed E-state index contributed by atoms with van der Waals surface area (Å²) in [6.07, 6.45) is 2.18. The van der Waals surface area contributed by atoms with Gasteiger partial charge < -0.3 is 0 Å². The molecule has 6 heteroatoms. The lowest BCUT2D eigenvalue weighted by Gasteiger charge is -2.37. The van der Waals surface area contributed by atoms with Crippen LogP contribution in [-0.4, -0.2) is 15.7 Å². The summed E-state index contributed by atoms with van der Waals surface area (Å²) in [6, 6.07) is 0. The molecule has 0 saturated heterocycles. The van der Waals surface area contributed by atoms with E-state index in [0.717, 1.165) is 6.42 Å². The van der Waals surface area contributed by atoms with Gasteiger partial charge in [-0.05, 0) is 24.2 Å². The molecule has 2 aliphatic carbocycles. The third kappa shape index (κ3) is 1.32. The Labute approximate surface area is 95.8 Å². The predicted molar refractivity (Wildman–Crippen MR) is 62.9 cm³/mol. The van der Waals surface area contributed by atoms with Crippen molar-refractivity contribution in [2.24, 2.45) is 26.5 Å². The van der Waals surface area contributed by atoms with Crippen LogP contribution in [0.15, 0.2) is 4.58 Å². The topological polar surface area (TPSA) is 89.6 Å². The molecule has 0 aromatic carbocycles. The molecule has 2 rings (SSSR count). The first kappa shape index (κ1) is 11.9. The molecule has 2 bridgehead atoms. The molecule has 0 spiro atoms. The van der Waals surface area contributed by atoms with Gasteiger partial charge in [-0.2, -0.15) is 0 Å². The van der Waals surface area contributed by atoms with Crippen molar-refractivity contribution in [1.82, 2.24) is 0 Å². The minimum absolute atomic E-state index is 0.0498. The Morgan fingerprint density at radius 1 is 1.56 bits per heavy atom. The Kier molecular flexibility index (Phi) is 2.37. The molecule has 2 N–H and O–H groups in total. The van der Waals surface area contributed by atoms with Gasteiger partial charge in [0.1, 0.15) is 5.78 Å². The highest BCUT2D eigenvalue weighted by atomic mass is 32.3. The molecule has 92 valence electrons. The lowest BCUT2D eigenvalue weighted by molar-refractivity contribution is -0.128. The lowest BCUT2D eigenvalue weighted by Crippen LogP contribution is -2.45. The normalized spacial score (nSPS) is 37.7. The Hall–Kier alpha value is -0.620. The number of hydrogen-bond acceptors (Lipinski definition) is 3. The van der Waals surface area contributed by atoms with Crippen LogP contribution in [0.2, 0.25) is 0 Å². The maximum Gasteiger partial charge on any atom is 0.140 e. The van der Waals surface area contributed by atoms with Crippen LogP contribution in [-0.2, 0) is 15.1 Å². The fourth-order valence-corrected chi connectivity index (χ4v) is 5.13. The molecule has 2 aliphatic rings. The number of nitroso groups, excluding NO2 is 1. The van der Waals surface area contributed by atoms with Crippen molar-refractivity contribution < 1.29 is 9.00 Å². The van der Waals surface area contributed by atoms with Crippen LogP contribution in [0.1, 0.15) is 33.1 Å². The van der Waals surface area contributed by atoms with E-state index >= 15 is 0 Å². The average molecular weight is 246 g/mol. The molecule has 0 aromatic heterocycles. The summed E-state index contributed by atoms with van der Waals surface area (Å²) < 4.78 is 14.2. The van der Waals surface area contributed by atoms with Crippen LogP contribution in [0.4, 0.5) is 0 Å². The van der Waals surface area contributed by atoms with E-state index in [0.29, 0.717) is 18.8 Å². The first-order valence-electron chi connectivity index (χ1n) is 5.51. The van der Waals surface area contributed by atoms with Crippen LogP contribution >= 0.6 is 0 Å². The smallest absolute Gasteiger partial charge is 0.140 e. The highest BCUT2D eigenvalue weighted by Gasteiger charge is 2.64. The summed E-state index contributed by atoms with van der Waals surface area (Å²) in [5.74, 6) is 0.404. The van der Waals surface area contributed by atoms with Gasteiger partial charge in [-0.1, -0.05) is 13.8 Å². The first-order chi connectivity index (χ1) is 7.25. The number of carbonyl (C=O) groups excluding carboxylic acids is 1. The van der Waals surface area contributed by atoms with Gasteiger partial charge in [0.2, 0.25) is 0 Å². The molecule has 0 radical (unpaired) electrons. The molecule has 2 fully saturated rings. The second-order valence-corrected chi connectivity index (χ2v) is 7.65. The molecule has 2 atom stereocenters. The van der Waals surface area contributed by atoms with Crippen molar-refractivity contribution in [3.63, 3.8) is 0 Å². The molecular weight excluding hydrogens is 228 g/mol. The van der Waals surface area contributed by atoms with Gasteiger partial charge in [0.25, 0.3) is 0 Å². The summed E-state index contributed by atoms with van der Waals surface area (Å²) in [6.45, 7) is 4.03. The van der Waals surface area contributed by atoms with Gasteiger partial charge in [0.05, 0.1) is 10.3 Å². The molecular formula is C10H18N2O3S. The number of hydrogen-bond donors (Lipinski definition) is 2. The van der Waals surface area contributed by atoms with E-state index in [1.165, 1.54) is 0 Å². The van der Waals surface area contributed by atoms with Gasteiger partial charge >= 0.3 is 0 Å². The quantitative estimate of drug-likeness (QED) is 0.574. The van der Waals surface area contributed by atoms with E-state index in [2.05, 4.69) is 4.58 Å². The Bertz CT molecular complexity index is 407. The van der Waals surface area contributed by atoms with Crippen LogP contribution in [0.25, 0.3) is 0 Å². The Morgan fingerprint density at radius 3 is 2.56 bits per heavy atom. The largest absolute Gasteiger partial charge is 0.299 e. The molecule has 5 nitrogen and oxygen atoms in total. The summed E-state index contributed by atoms with van der Waals surface area (Å²) in [4.78, 5) is 22.5. The van der Waals surface area contributed by atoms with Crippen molar-refractivity contribution in [2.45, 2.75) is 33.1 Å². The molecule has 0 aromatic rings. The SMILES string of the molecule is CC1(C)C2CCC1(C[SH](N)(=O)N=O)C(=O)C2. The van der Waals surface area contributed by atoms with E-state index in [1.54, 1.807) is 0 Å². The summed E-state index contributed by atoms with van der Waals surface area (Å²) in [7, 11) is -3.55. The third-order valence-corrected chi connectivity index (χ3v) is 6.04. The number of rotatable bonds is 3. The highest BCUT2D eigenvalue weighted by Crippen LogP contribution is 2.64. The van der Waals surface area contributed by atoms with Crippen LogP contribution in [0.3, 0.4) is 0 Å². The van der Waals surface area contributed by atoms with E-state index in [9.17, 15) is 13.9 Å². The van der Waals surface area contributed by atoms with Gasteiger partial charge in [0.15, 0.2) is 0 Å². The van der Waals surface area contributed by atoms with E-state index in [-0.39, 0.29) is 17.0 Å². The van der Waals surface area contributed by atoms with Crippen molar-refractivity contribution in [1.29, 1.82) is 0 Å². The Morgan fingerprint density at radius 2 is 2.19 bits per heavy atom. The van der Waals surface area contributed by atoms with Gasteiger partial charge in [-0.3, -0.25) is 9.93 Å². The molecule has 0 aliphatic heterocycles. The minimum Gasteiger partial charge on any atom is -0.299 e. The third-order valence-electron chi connectivity index (χ3n) is 4.77. The number of carbonyl (C=O) groups is 1. The minimum atomic E-state index is -3.55. The fraction of sp³-hybridized carbons (Fsp3) is 0.900. The van der Waals surface area contributed by atoms with Gasteiger partial charge in [0, 0.05) is 22.2 Å². The number of thiol groups is 1. The summed E-state index contributed by atoms with van der Waals surface area (Å²) in [5, 5.41) is 5.38. The van der Waals surface area contributed by atoms with Crippen LogP contribution in [0.5, 0.6) is 0 Å². The number of ketones is 1. The van der Waals surface area contributed by atoms with Crippen molar-refractivity contribution in [3.05, 3.63) is 4.91 Å². The zero-order valence-corrected chi connectivity index (χ0v) is 10.5. The second-order valence-electron chi connectivity index (χ2n) is 5.66. The first-order valence-corrected chi connectivity index (χ1v) is 7.42. The molecule has 2 saturated carbocycles. The maximum atomic E-state index is 12.0. The number of Topliss-reactive ketones (excluding diaryl/α,β-unsaturated/α-hetero) is 1. The zero-order chi connectivity index (χ0) is 12.2. The number of nitrogens with zero attached hydrogens (tertiary/aromatic N) is 1. The molecule has 2 unspecified atom stereocenters. The monoisotopic (exact) mass is 246 g/mol. The van der Waals surface area contributed by atoms with Crippen molar-refractivity contribution in [3.8, 4) is 0 Å². The number of nitrogens with two attached hydrogens (primary N) is 1. The van der Waals surface area contributed by atoms with Gasteiger partial charge in [-0.25, -0.2) is 4.21 Å². The predicted octanol–water partition coefficient (Wildman–Crippen LogP) is 0.954. The Balaban J connectivity index is 2.40. The standard InChI is InChI=1S/C10H18N2O3S/c1-9(2)7-3-4-10(9,8(13)5-7)6-16(11,15)12-14/h7,16H,3-6H2,1-2H3,(H2,11,15). The average Bonchev–Trinajstić information content (AvgIpc) is 2.51. The lowest BCUT2D eigenvalue weighted by atomic mass is 9.70. The summed E-state index contributed by atoms with van der Waals surface area (Å²) >= 11 is 0. The molecule has 0 heterocycles. The van der Waals surface area contributed by atoms with Crippen LogP contribution < -0.4 is 5.14 Å². The highest BCUT2D eigenvalue weighted by molar-refractivity contribution is 7.99. The zero-order valence-electron chi connectivity index (χ0n) is 9.60. The van der Waals surface area contributed by atoms with Crippen LogP contribution in [0, 0.1) is 21.7 Å². The second kappa shape index (κ2) is 3.20. The van der Waals surface area contributed by atoms with E-state index in [4.69, 9.17) is 5.14 Å². The fourth-order valence-electron chi connectivity index (χ4n) is 3.56. The summed E-state index contributed by atoms with van der Waals surface area (Å²) in [5.41, 5.74) is -0.875.